The van der Waals surface area contributed by atoms with Crippen LogP contribution in [-0.4, -0.2) is 19.9 Å². The summed E-state index contributed by atoms with van der Waals surface area (Å²) < 4.78 is 13.7. The highest BCUT2D eigenvalue weighted by atomic mass is 32.2. The predicted octanol–water partition coefficient (Wildman–Crippen LogP) is 2.66. The van der Waals surface area contributed by atoms with Gasteiger partial charge in [0.2, 0.25) is 0 Å². The number of imidazole rings is 1. The molecule has 5 nitrogen and oxygen atoms in total. The second-order valence-electron chi connectivity index (χ2n) is 3.99. The number of H-pyrrole nitrogens is 1. The number of aromatic amines is 1. The summed E-state index contributed by atoms with van der Waals surface area (Å²) in [5.41, 5.74) is 2.22. The average molecular weight is 285 g/mol. The number of benzene rings is 1. The summed E-state index contributed by atoms with van der Waals surface area (Å²) in [5.74, 6) is 0.0540. The van der Waals surface area contributed by atoms with Crippen LogP contribution in [0.15, 0.2) is 35.9 Å². The summed E-state index contributed by atoms with van der Waals surface area (Å²) in [6.45, 7) is 0. The van der Waals surface area contributed by atoms with Crippen LogP contribution in [0.2, 0.25) is 0 Å². The van der Waals surface area contributed by atoms with Crippen LogP contribution in [-0.2, 0) is 5.75 Å². The molecule has 0 saturated carbocycles. The number of nitriles is 1. The second kappa shape index (κ2) is 5.27. The number of nitrogens with zero attached hydrogens (tertiary/aromatic N) is 4. The van der Waals surface area contributed by atoms with Crippen molar-refractivity contribution in [1.29, 1.82) is 5.26 Å². The van der Waals surface area contributed by atoms with Gasteiger partial charge in [0.25, 0.3) is 0 Å². The Morgan fingerprint density at radius 2 is 2.20 bits per heavy atom. The molecule has 0 radical (unpaired) electrons. The first-order chi connectivity index (χ1) is 9.78. The van der Waals surface area contributed by atoms with Crippen LogP contribution in [0.1, 0.15) is 11.1 Å². The molecular weight excluding hydrogens is 277 g/mol. The van der Waals surface area contributed by atoms with Crippen LogP contribution >= 0.6 is 11.8 Å². The highest BCUT2D eigenvalue weighted by Crippen LogP contribution is 2.26. The third kappa shape index (κ3) is 2.33. The minimum Gasteiger partial charge on any atom is -0.341 e. The molecule has 1 N–H and O–H groups in total. The first kappa shape index (κ1) is 12.6. The lowest BCUT2D eigenvalue weighted by Gasteiger charge is -2.04. The van der Waals surface area contributed by atoms with E-state index in [4.69, 9.17) is 5.26 Å². The number of nitrogens with one attached hydrogen (secondary N) is 1. The molecule has 0 fully saturated rings. The van der Waals surface area contributed by atoms with E-state index < -0.39 is 0 Å². The second-order valence-corrected chi connectivity index (χ2v) is 4.95. The van der Waals surface area contributed by atoms with Crippen molar-refractivity contribution in [3.05, 3.63) is 47.8 Å². The molecule has 20 heavy (non-hydrogen) atoms. The normalized spacial score (nSPS) is 10.6. The van der Waals surface area contributed by atoms with E-state index in [-0.39, 0.29) is 5.82 Å². The average Bonchev–Trinajstić information content (AvgIpc) is 2.95. The molecule has 0 amide bonds. The fourth-order valence-corrected chi connectivity index (χ4v) is 2.68. The van der Waals surface area contributed by atoms with E-state index in [0.717, 1.165) is 5.52 Å². The first-order valence-corrected chi connectivity index (χ1v) is 6.72. The van der Waals surface area contributed by atoms with Crippen molar-refractivity contribution in [2.75, 3.05) is 0 Å². The molecule has 2 aromatic heterocycles. The zero-order valence-electron chi connectivity index (χ0n) is 10.2. The van der Waals surface area contributed by atoms with Gasteiger partial charge in [-0.25, -0.2) is 19.3 Å². The van der Waals surface area contributed by atoms with Gasteiger partial charge < -0.3 is 4.98 Å². The van der Waals surface area contributed by atoms with Crippen molar-refractivity contribution in [3.8, 4) is 6.07 Å². The topological polar surface area (TPSA) is 78.2 Å². The Bertz CT molecular complexity index is 808. The lowest BCUT2D eigenvalue weighted by Crippen LogP contribution is -1.91. The van der Waals surface area contributed by atoms with E-state index >= 15 is 0 Å². The molecule has 0 aliphatic carbocycles. The Morgan fingerprint density at radius 3 is 3.05 bits per heavy atom. The number of halogens is 1. The molecular formula is C13H8FN5S. The fourth-order valence-electron chi connectivity index (χ4n) is 1.75. The standard InChI is InChI=1S/C13H8FN5S/c14-10-2-1-8(4-15)3-9(10)5-20-13-11-12(17-6-16-11)18-7-19-13/h1-3,6-7H,5H2,(H,16,17,18,19). The molecule has 7 heteroatoms. The van der Waals surface area contributed by atoms with Crippen LogP contribution < -0.4 is 0 Å². The maximum absolute atomic E-state index is 13.7. The quantitative estimate of drug-likeness (QED) is 0.591. The summed E-state index contributed by atoms with van der Waals surface area (Å²) in [4.78, 5) is 15.2. The maximum Gasteiger partial charge on any atom is 0.181 e. The molecule has 0 atom stereocenters. The molecule has 0 bridgehead atoms. The van der Waals surface area contributed by atoms with Gasteiger partial charge in [-0.1, -0.05) is 11.8 Å². The zero-order chi connectivity index (χ0) is 13.9. The molecule has 0 spiro atoms. The minimum absolute atomic E-state index is 0.327. The predicted molar refractivity (Wildman–Crippen MR) is 72.4 cm³/mol. The molecule has 0 saturated heterocycles. The molecule has 98 valence electrons. The number of hydrogen-bond donors (Lipinski definition) is 1. The highest BCUT2D eigenvalue weighted by Gasteiger charge is 2.09. The summed E-state index contributed by atoms with van der Waals surface area (Å²) >= 11 is 1.37. The van der Waals surface area contributed by atoms with Gasteiger partial charge in [-0.05, 0) is 23.8 Å². The Morgan fingerprint density at radius 1 is 1.30 bits per heavy atom. The number of aromatic nitrogens is 4. The van der Waals surface area contributed by atoms with Gasteiger partial charge in [-0.3, -0.25) is 0 Å². The van der Waals surface area contributed by atoms with E-state index in [9.17, 15) is 4.39 Å². The van der Waals surface area contributed by atoms with Gasteiger partial charge in [0.05, 0.1) is 18.0 Å². The summed E-state index contributed by atoms with van der Waals surface area (Å²) in [7, 11) is 0. The molecule has 1 aromatic carbocycles. The van der Waals surface area contributed by atoms with E-state index in [1.54, 1.807) is 12.4 Å². The molecule has 0 aliphatic rings. The van der Waals surface area contributed by atoms with Crippen molar-refractivity contribution in [3.63, 3.8) is 0 Å². The van der Waals surface area contributed by atoms with Crippen LogP contribution in [0.25, 0.3) is 11.2 Å². The third-order valence-electron chi connectivity index (χ3n) is 2.73. The van der Waals surface area contributed by atoms with E-state index in [1.165, 1.54) is 30.2 Å². The number of hydrogen-bond acceptors (Lipinski definition) is 5. The van der Waals surface area contributed by atoms with Gasteiger partial charge >= 0.3 is 0 Å². The minimum atomic E-state index is -0.327. The lowest BCUT2D eigenvalue weighted by atomic mass is 10.1. The SMILES string of the molecule is N#Cc1ccc(F)c(CSc2ncnc3nc[nH]c23)c1. The maximum atomic E-state index is 13.7. The Hall–Kier alpha value is -2.46. The van der Waals surface area contributed by atoms with Gasteiger partial charge in [-0.2, -0.15) is 5.26 Å². The van der Waals surface area contributed by atoms with Crippen molar-refractivity contribution >= 4 is 22.9 Å². The number of fused-ring (bicyclic) bond motifs is 1. The van der Waals surface area contributed by atoms with E-state index in [0.29, 0.717) is 27.6 Å². The monoisotopic (exact) mass is 285 g/mol. The Kier molecular flexibility index (Phi) is 3.31. The summed E-state index contributed by atoms with van der Waals surface area (Å²) in [6.07, 6.45) is 2.97. The third-order valence-corrected chi connectivity index (χ3v) is 3.77. The molecule has 3 rings (SSSR count). The molecule has 0 unspecified atom stereocenters. The van der Waals surface area contributed by atoms with E-state index in [1.807, 2.05) is 6.07 Å². The zero-order valence-corrected chi connectivity index (χ0v) is 11.0. The molecule has 0 aliphatic heterocycles. The largest absolute Gasteiger partial charge is 0.341 e. The van der Waals surface area contributed by atoms with Gasteiger partial charge in [0.15, 0.2) is 5.65 Å². The van der Waals surface area contributed by atoms with Crippen LogP contribution in [0.3, 0.4) is 0 Å². The summed E-state index contributed by atoms with van der Waals surface area (Å²) in [5, 5.41) is 9.54. The molecule has 2 heterocycles. The fraction of sp³-hybridized carbons (Fsp3) is 0.0769. The van der Waals surface area contributed by atoms with E-state index in [2.05, 4.69) is 19.9 Å². The van der Waals surface area contributed by atoms with Crippen molar-refractivity contribution in [1.82, 2.24) is 19.9 Å². The molecule has 3 aromatic rings. The van der Waals surface area contributed by atoms with Crippen molar-refractivity contribution in [2.24, 2.45) is 0 Å². The lowest BCUT2D eigenvalue weighted by molar-refractivity contribution is 0.617. The highest BCUT2D eigenvalue weighted by molar-refractivity contribution is 7.98. The number of rotatable bonds is 3. The van der Waals surface area contributed by atoms with Crippen molar-refractivity contribution in [2.45, 2.75) is 10.8 Å². The van der Waals surface area contributed by atoms with Gasteiger partial charge in [-0.15, -0.1) is 0 Å². The van der Waals surface area contributed by atoms with Gasteiger partial charge in [0, 0.05) is 5.75 Å². The van der Waals surface area contributed by atoms with Crippen LogP contribution in [0, 0.1) is 17.1 Å². The first-order valence-electron chi connectivity index (χ1n) is 5.73. The van der Waals surface area contributed by atoms with Gasteiger partial charge in [0.1, 0.15) is 22.7 Å². The van der Waals surface area contributed by atoms with Crippen LogP contribution in [0.4, 0.5) is 4.39 Å². The van der Waals surface area contributed by atoms with Crippen LogP contribution in [0.5, 0.6) is 0 Å². The summed E-state index contributed by atoms with van der Waals surface area (Å²) in [6, 6.07) is 6.32. The smallest absolute Gasteiger partial charge is 0.181 e. The number of thioether (sulfide) groups is 1. The van der Waals surface area contributed by atoms with Crippen molar-refractivity contribution < 1.29 is 4.39 Å². The Balaban J connectivity index is 1.87. The Labute approximate surface area is 117 Å².